The SMILES string of the molecule is CC(C)N(c1ccccc1)c1ccc(NC(=O)COC(=O)c2ccc(OC(F)(F)F)cc2)cc1. The molecular weight excluding hydrogens is 449 g/mol. The molecule has 0 saturated carbocycles. The van der Waals surface area contributed by atoms with Gasteiger partial charge in [-0.2, -0.15) is 0 Å². The van der Waals surface area contributed by atoms with Gasteiger partial charge in [0.05, 0.1) is 5.56 Å². The number of rotatable bonds is 8. The lowest BCUT2D eigenvalue weighted by molar-refractivity contribution is -0.274. The van der Waals surface area contributed by atoms with Crippen LogP contribution in [0, 0.1) is 0 Å². The molecule has 0 radical (unpaired) electrons. The Kier molecular flexibility index (Phi) is 7.78. The van der Waals surface area contributed by atoms with Crippen molar-refractivity contribution in [3.63, 3.8) is 0 Å². The Morgan fingerprint density at radius 2 is 1.47 bits per heavy atom. The highest BCUT2D eigenvalue weighted by atomic mass is 19.4. The van der Waals surface area contributed by atoms with E-state index in [0.29, 0.717) is 5.69 Å². The first-order valence-corrected chi connectivity index (χ1v) is 10.4. The van der Waals surface area contributed by atoms with Gasteiger partial charge in [0.15, 0.2) is 6.61 Å². The zero-order valence-electron chi connectivity index (χ0n) is 18.5. The Bertz CT molecular complexity index is 1100. The van der Waals surface area contributed by atoms with E-state index in [9.17, 15) is 22.8 Å². The van der Waals surface area contributed by atoms with Crippen molar-refractivity contribution in [2.75, 3.05) is 16.8 Å². The fraction of sp³-hybridized carbons (Fsp3) is 0.200. The number of amides is 1. The standard InChI is InChI=1S/C25H23F3N2O4/c1-17(2)30(20-6-4-3-5-7-20)21-12-10-19(11-13-21)29-23(31)16-33-24(32)18-8-14-22(15-9-18)34-25(26,27)28/h3-15,17H,16H2,1-2H3,(H,29,31). The number of hydrogen-bond donors (Lipinski definition) is 1. The molecule has 0 atom stereocenters. The molecule has 0 spiro atoms. The van der Waals surface area contributed by atoms with Crippen molar-refractivity contribution in [1.82, 2.24) is 0 Å². The molecule has 3 aromatic rings. The maximum atomic E-state index is 12.2. The number of nitrogens with zero attached hydrogens (tertiary/aromatic N) is 1. The normalized spacial score (nSPS) is 11.1. The van der Waals surface area contributed by atoms with E-state index < -0.39 is 30.6 Å². The molecule has 1 amide bonds. The van der Waals surface area contributed by atoms with Crippen molar-refractivity contribution in [3.05, 3.63) is 84.4 Å². The van der Waals surface area contributed by atoms with Crippen LogP contribution in [0.4, 0.5) is 30.2 Å². The number of nitrogens with one attached hydrogen (secondary N) is 1. The molecule has 0 bridgehead atoms. The van der Waals surface area contributed by atoms with Gasteiger partial charge >= 0.3 is 12.3 Å². The van der Waals surface area contributed by atoms with Crippen molar-refractivity contribution in [2.24, 2.45) is 0 Å². The summed E-state index contributed by atoms with van der Waals surface area (Å²) in [5.41, 5.74) is 2.50. The summed E-state index contributed by atoms with van der Waals surface area (Å²) < 4.78 is 45.3. The first-order valence-electron chi connectivity index (χ1n) is 10.4. The third kappa shape index (κ3) is 6.99. The van der Waals surface area contributed by atoms with Gasteiger partial charge in [0.1, 0.15) is 5.75 Å². The molecule has 0 heterocycles. The lowest BCUT2D eigenvalue weighted by Crippen LogP contribution is -2.25. The number of ether oxygens (including phenoxy) is 2. The van der Waals surface area contributed by atoms with Crippen molar-refractivity contribution in [1.29, 1.82) is 0 Å². The van der Waals surface area contributed by atoms with E-state index >= 15 is 0 Å². The van der Waals surface area contributed by atoms with Crippen LogP contribution < -0.4 is 15.0 Å². The van der Waals surface area contributed by atoms with Crippen LogP contribution in [-0.2, 0) is 9.53 Å². The molecule has 0 unspecified atom stereocenters. The minimum Gasteiger partial charge on any atom is -0.452 e. The number of halogens is 3. The Balaban J connectivity index is 1.54. The van der Waals surface area contributed by atoms with Gasteiger partial charge in [-0.25, -0.2) is 4.79 Å². The summed E-state index contributed by atoms with van der Waals surface area (Å²) in [5, 5.41) is 2.64. The highest BCUT2D eigenvalue weighted by Crippen LogP contribution is 2.28. The zero-order valence-corrected chi connectivity index (χ0v) is 18.5. The summed E-state index contributed by atoms with van der Waals surface area (Å²) in [6.45, 7) is 3.60. The molecule has 3 rings (SSSR count). The number of para-hydroxylation sites is 1. The van der Waals surface area contributed by atoms with Crippen LogP contribution in [0.15, 0.2) is 78.9 Å². The lowest BCUT2D eigenvalue weighted by atomic mass is 10.2. The van der Waals surface area contributed by atoms with E-state index in [-0.39, 0.29) is 11.6 Å². The Labute approximate surface area is 194 Å². The van der Waals surface area contributed by atoms with Crippen LogP contribution in [0.25, 0.3) is 0 Å². The number of esters is 1. The zero-order chi connectivity index (χ0) is 24.7. The van der Waals surface area contributed by atoms with Gasteiger partial charge in [-0.15, -0.1) is 13.2 Å². The summed E-state index contributed by atoms with van der Waals surface area (Å²) >= 11 is 0. The first-order chi connectivity index (χ1) is 16.1. The van der Waals surface area contributed by atoms with E-state index in [1.54, 1.807) is 12.1 Å². The van der Waals surface area contributed by atoms with Gasteiger partial charge in [0.25, 0.3) is 5.91 Å². The fourth-order valence-electron chi connectivity index (χ4n) is 3.24. The smallest absolute Gasteiger partial charge is 0.452 e. The van der Waals surface area contributed by atoms with Crippen molar-refractivity contribution < 1.29 is 32.2 Å². The predicted molar refractivity (Wildman–Crippen MR) is 122 cm³/mol. The van der Waals surface area contributed by atoms with Gasteiger partial charge < -0.3 is 19.7 Å². The molecule has 9 heteroatoms. The van der Waals surface area contributed by atoms with Crippen LogP contribution in [-0.4, -0.2) is 30.9 Å². The third-order valence-corrected chi connectivity index (χ3v) is 4.64. The Morgan fingerprint density at radius 3 is 2.03 bits per heavy atom. The molecule has 6 nitrogen and oxygen atoms in total. The number of hydrogen-bond acceptors (Lipinski definition) is 5. The average molecular weight is 472 g/mol. The largest absolute Gasteiger partial charge is 0.573 e. The minimum absolute atomic E-state index is 0.0126. The summed E-state index contributed by atoms with van der Waals surface area (Å²) in [4.78, 5) is 26.4. The molecule has 178 valence electrons. The monoisotopic (exact) mass is 472 g/mol. The Morgan fingerprint density at radius 1 is 0.882 bits per heavy atom. The maximum absolute atomic E-state index is 12.2. The highest BCUT2D eigenvalue weighted by Gasteiger charge is 2.31. The van der Waals surface area contributed by atoms with Crippen LogP contribution in [0.3, 0.4) is 0 Å². The Hall–Kier alpha value is -4.01. The number of carbonyl (C=O) groups is 2. The van der Waals surface area contributed by atoms with Crippen molar-refractivity contribution in [2.45, 2.75) is 26.3 Å². The lowest BCUT2D eigenvalue weighted by Gasteiger charge is -2.29. The summed E-state index contributed by atoms with van der Waals surface area (Å²) in [7, 11) is 0. The van der Waals surface area contributed by atoms with Crippen molar-refractivity contribution >= 4 is 28.9 Å². The molecule has 0 saturated heterocycles. The molecule has 0 aliphatic rings. The van der Waals surface area contributed by atoms with Gasteiger partial charge in [0.2, 0.25) is 0 Å². The minimum atomic E-state index is -4.83. The van der Waals surface area contributed by atoms with Crippen molar-refractivity contribution in [3.8, 4) is 5.75 Å². The number of carbonyl (C=O) groups excluding carboxylic acids is 2. The number of anilines is 3. The molecule has 1 N–H and O–H groups in total. The van der Waals surface area contributed by atoms with Crippen LogP contribution >= 0.6 is 0 Å². The van der Waals surface area contributed by atoms with Crippen LogP contribution in [0.5, 0.6) is 5.75 Å². The van der Waals surface area contributed by atoms with Crippen LogP contribution in [0.1, 0.15) is 24.2 Å². The quantitative estimate of drug-likeness (QED) is 0.412. The third-order valence-electron chi connectivity index (χ3n) is 4.64. The van der Waals surface area contributed by atoms with E-state index in [4.69, 9.17) is 4.74 Å². The molecule has 34 heavy (non-hydrogen) atoms. The molecule has 0 aromatic heterocycles. The van der Waals surface area contributed by atoms with Gasteiger partial charge in [-0.1, -0.05) is 18.2 Å². The summed E-state index contributed by atoms with van der Waals surface area (Å²) in [6.07, 6.45) is -4.83. The summed E-state index contributed by atoms with van der Waals surface area (Å²) in [5.74, 6) is -1.87. The van der Waals surface area contributed by atoms with E-state index in [1.165, 1.54) is 0 Å². The molecular formula is C25H23F3N2O4. The second-order valence-electron chi connectivity index (χ2n) is 7.54. The molecule has 0 aliphatic heterocycles. The van der Waals surface area contributed by atoms with Gasteiger partial charge in [-0.05, 0) is 74.5 Å². The molecule has 0 aliphatic carbocycles. The van der Waals surface area contributed by atoms with Gasteiger partial charge in [-0.3, -0.25) is 4.79 Å². The number of benzene rings is 3. The van der Waals surface area contributed by atoms with Crippen LogP contribution in [0.2, 0.25) is 0 Å². The van der Waals surface area contributed by atoms with E-state index in [1.807, 2.05) is 42.5 Å². The maximum Gasteiger partial charge on any atom is 0.573 e. The average Bonchev–Trinajstić information content (AvgIpc) is 2.79. The van der Waals surface area contributed by atoms with Gasteiger partial charge in [0, 0.05) is 23.1 Å². The fourth-order valence-corrected chi connectivity index (χ4v) is 3.24. The molecule has 0 fully saturated rings. The first kappa shape index (κ1) is 24.6. The summed E-state index contributed by atoms with van der Waals surface area (Å²) in [6, 6.07) is 21.6. The van der Waals surface area contributed by atoms with E-state index in [0.717, 1.165) is 35.6 Å². The number of alkyl halides is 3. The molecule has 3 aromatic carbocycles. The van der Waals surface area contributed by atoms with E-state index in [2.05, 4.69) is 28.8 Å². The highest BCUT2D eigenvalue weighted by molar-refractivity contribution is 5.95. The topological polar surface area (TPSA) is 67.9 Å². The predicted octanol–water partition coefficient (Wildman–Crippen LogP) is 5.93. The second kappa shape index (κ2) is 10.7. The second-order valence-corrected chi connectivity index (χ2v) is 7.54.